The smallest absolute Gasteiger partial charge is 0.224 e. The summed E-state index contributed by atoms with van der Waals surface area (Å²) in [7, 11) is 0. The van der Waals surface area contributed by atoms with Gasteiger partial charge in [0.25, 0.3) is 0 Å². The second kappa shape index (κ2) is 9.13. The number of amides is 2. The van der Waals surface area contributed by atoms with Gasteiger partial charge in [-0.25, -0.2) is 0 Å². The molecule has 2 aliphatic rings. The fourth-order valence-corrected chi connectivity index (χ4v) is 3.25. The highest BCUT2D eigenvalue weighted by Crippen LogP contribution is 2.18. The van der Waals surface area contributed by atoms with Crippen molar-refractivity contribution in [3.63, 3.8) is 0 Å². The van der Waals surface area contributed by atoms with E-state index in [-0.39, 0.29) is 11.8 Å². The van der Waals surface area contributed by atoms with Crippen molar-refractivity contribution in [1.29, 1.82) is 0 Å². The Morgan fingerprint density at radius 3 is 2.95 bits per heavy atom. The molecule has 126 valence electrons. The van der Waals surface area contributed by atoms with Gasteiger partial charge in [-0.1, -0.05) is 13.3 Å². The summed E-state index contributed by atoms with van der Waals surface area (Å²) >= 11 is 0. The minimum absolute atomic E-state index is 0.190. The number of hydrogen-bond acceptors (Lipinski definition) is 3. The van der Waals surface area contributed by atoms with Gasteiger partial charge in [0.05, 0.1) is 6.61 Å². The van der Waals surface area contributed by atoms with Gasteiger partial charge in [-0.3, -0.25) is 9.59 Å². The van der Waals surface area contributed by atoms with E-state index in [0.29, 0.717) is 25.3 Å². The number of nitrogens with zero attached hydrogens (tertiary/aromatic N) is 2. The van der Waals surface area contributed by atoms with Crippen LogP contribution in [-0.4, -0.2) is 61.0 Å². The van der Waals surface area contributed by atoms with E-state index in [0.717, 1.165) is 65.0 Å². The zero-order valence-corrected chi connectivity index (χ0v) is 13.9. The van der Waals surface area contributed by atoms with Crippen molar-refractivity contribution in [2.24, 2.45) is 5.92 Å². The van der Waals surface area contributed by atoms with E-state index in [1.165, 1.54) is 0 Å². The number of likely N-dealkylation sites (tertiary alicyclic amines) is 2. The second-order valence-electron chi connectivity index (χ2n) is 6.51. The lowest BCUT2D eigenvalue weighted by Crippen LogP contribution is -2.36. The molecule has 2 rings (SSSR count). The summed E-state index contributed by atoms with van der Waals surface area (Å²) in [5, 5.41) is 0. The van der Waals surface area contributed by atoms with Crippen molar-refractivity contribution in [3.05, 3.63) is 0 Å². The van der Waals surface area contributed by atoms with Crippen LogP contribution in [0.15, 0.2) is 0 Å². The summed E-state index contributed by atoms with van der Waals surface area (Å²) in [6, 6.07) is 0. The molecular formula is C17H30N2O3. The largest absolute Gasteiger partial charge is 0.381 e. The Morgan fingerprint density at radius 1 is 1.27 bits per heavy atom. The van der Waals surface area contributed by atoms with Crippen LogP contribution >= 0.6 is 0 Å². The lowest BCUT2D eigenvalue weighted by molar-refractivity contribution is -0.133. The maximum atomic E-state index is 12.3. The van der Waals surface area contributed by atoms with E-state index < -0.39 is 0 Å². The van der Waals surface area contributed by atoms with E-state index in [1.807, 2.05) is 9.80 Å². The third-order valence-electron chi connectivity index (χ3n) is 4.61. The van der Waals surface area contributed by atoms with E-state index in [2.05, 4.69) is 6.92 Å². The summed E-state index contributed by atoms with van der Waals surface area (Å²) in [5.74, 6) is 0.892. The summed E-state index contributed by atoms with van der Waals surface area (Å²) in [5.41, 5.74) is 0. The van der Waals surface area contributed by atoms with E-state index in [9.17, 15) is 9.59 Å². The van der Waals surface area contributed by atoms with Crippen LogP contribution < -0.4 is 0 Å². The van der Waals surface area contributed by atoms with Gasteiger partial charge >= 0.3 is 0 Å². The minimum Gasteiger partial charge on any atom is -0.381 e. The molecule has 0 aromatic heterocycles. The van der Waals surface area contributed by atoms with Gasteiger partial charge in [0.15, 0.2) is 0 Å². The molecule has 5 nitrogen and oxygen atoms in total. The molecule has 2 fully saturated rings. The van der Waals surface area contributed by atoms with Crippen molar-refractivity contribution in [3.8, 4) is 0 Å². The molecule has 2 heterocycles. The van der Waals surface area contributed by atoms with Gasteiger partial charge in [0.2, 0.25) is 11.8 Å². The molecular weight excluding hydrogens is 280 g/mol. The molecule has 5 heteroatoms. The number of rotatable bonds is 7. The summed E-state index contributed by atoms with van der Waals surface area (Å²) in [6.45, 7) is 6.74. The molecule has 0 unspecified atom stereocenters. The number of carbonyl (C=O) groups is 2. The van der Waals surface area contributed by atoms with Crippen LogP contribution in [-0.2, 0) is 14.3 Å². The Labute approximate surface area is 134 Å². The maximum absolute atomic E-state index is 12.3. The first kappa shape index (κ1) is 17.3. The lowest BCUT2D eigenvalue weighted by Gasteiger charge is -2.22. The molecule has 2 aliphatic heterocycles. The molecule has 0 spiro atoms. The third-order valence-corrected chi connectivity index (χ3v) is 4.61. The predicted molar refractivity (Wildman–Crippen MR) is 85.5 cm³/mol. The Bertz CT molecular complexity index is 373. The molecule has 0 radical (unpaired) electrons. The Hall–Kier alpha value is -1.10. The third kappa shape index (κ3) is 5.27. The van der Waals surface area contributed by atoms with Gasteiger partial charge in [-0.2, -0.15) is 0 Å². The summed E-state index contributed by atoms with van der Waals surface area (Å²) in [6.07, 6.45) is 6.39. The summed E-state index contributed by atoms with van der Waals surface area (Å²) in [4.78, 5) is 28.1. The van der Waals surface area contributed by atoms with Crippen LogP contribution in [0.1, 0.15) is 51.9 Å². The quantitative estimate of drug-likeness (QED) is 0.676. The molecule has 2 saturated heterocycles. The average molecular weight is 310 g/mol. The van der Waals surface area contributed by atoms with Gasteiger partial charge in [0.1, 0.15) is 0 Å². The van der Waals surface area contributed by atoms with Gasteiger partial charge in [0, 0.05) is 51.5 Å². The minimum atomic E-state index is 0.190. The Morgan fingerprint density at radius 2 is 2.14 bits per heavy atom. The van der Waals surface area contributed by atoms with Crippen molar-refractivity contribution < 1.29 is 14.3 Å². The highest BCUT2D eigenvalue weighted by molar-refractivity contribution is 5.79. The van der Waals surface area contributed by atoms with Gasteiger partial charge < -0.3 is 14.5 Å². The standard InChI is InChI=1S/C17H30N2O3/c1-2-12-22-14-15-7-10-19(13-15)17(21)8-11-18-9-5-3-4-6-16(18)20/h15H,2-14H2,1H3/t15-/m0/s1. The molecule has 0 N–H and O–H groups in total. The van der Waals surface area contributed by atoms with Crippen LogP contribution in [0, 0.1) is 5.92 Å². The zero-order chi connectivity index (χ0) is 15.8. The van der Waals surface area contributed by atoms with Crippen molar-refractivity contribution in [2.45, 2.75) is 51.9 Å². The lowest BCUT2D eigenvalue weighted by atomic mass is 10.1. The molecule has 2 amide bonds. The predicted octanol–water partition coefficient (Wildman–Crippen LogP) is 2.05. The molecule has 0 aromatic rings. The highest BCUT2D eigenvalue weighted by atomic mass is 16.5. The first-order valence-electron chi connectivity index (χ1n) is 8.84. The number of ether oxygens (including phenoxy) is 1. The van der Waals surface area contributed by atoms with E-state index in [4.69, 9.17) is 4.74 Å². The van der Waals surface area contributed by atoms with Crippen molar-refractivity contribution in [1.82, 2.24) is 9.80 Å². The fraction of sp³-hybridized carbons (Fsp3) is 0.882. The molecule has 22 heavy (non-hydrogen) atoms. The molecule has 0 aromatic carbocycles. The molecule has 1 atom stereocenters. The molecule has 0 saturated carbocycles. The van der Waals surface area contributed by atoms with Gasteiger partial charge in [-0.05, 0) is 25.7 Å². The monoisotopic (exact) mass is 310 g/mol. The number of hydrogen-bond donors (Lipinski definition) is 0. The first-order chi connectivity index (χ1) is 10.7. The second-order valence-corrected chi connectivity index (χ2v) is 6.51. The van der Waals surface area contributed by atoms with Crippen LogP contribution in [0.3, 0.4) is 0 Å². The fourth-order valence-electron chi connectivity index (χ4n) is 3.25. The zero-order valence-electron chi connectivity index (χ0n) is 13.9. The van der Waals surface area contributed by atoms with E-state index in [1.54, 1.807) is 0 Å². The maximum Gasteiger partial charge on any atom is 0.224 e. The number of carbonyl (C=O) groups excluding carboxylic acids is 2. The average Bonchev–Trinajstić information content (AvgIpc) is 2.89. The van der Waals surface area contributed by atoms with Gasteiger partial charge in [-0.15, -0.1) is 0 Å². The van der Waals surface area contributed by atoms with Crippen molar-refractivity contribution >= 4 is 11.8 Å². The van der Waals surface area contributed by atoms with Crippen LogP contribution in [0.5, 0.6) is 0 Å². The SMILES string of the molecule is CCCOC[C@H]1CCN(C(=O)CCN2CCCCCC2=O)C1. The van der Waals surface area contributed by atoms with Crippen LogP contribution in [0.25, 0.3) is 0 Å². The van der Waals surface area contributed by atoms with Crippen LogP contribution in [0.4, 0.5) is 0 Å². The first-order valence-corrected chi connectivity index (χ1v) is 8.84. The van der Waals surface area contributed by atoms with Crippen LogP contribution in [0.2, 0.25) is 0 Å². The highest BCUT2D eigenvalue weighted by Gasteiger charge is 2.27. The Kier molecular flexibility index (Phi) is 7.16. The molecule has 0 aliphatic carbocycles. The van der Waals surface area contributed by atoms with E-state index >= 15 is 0 Å². The van der Waals surface area contributed by atoms with Crippen molar-refractivity contribution in [2.75, 3.05) is 39.4 Å². The Balaban J connectivity index is 1.68. The molecule has 0 bridgehead atoms. The normalized spacial score (nSPS) is 23.0. The summed E-state index contributed by atoms with van der Waals surface area (Å²) < 4.78 is 5.59. The topological polar surface area (TPSA) is 49.9 Å².